The maximum absolute atomic E-state index is 11.6. The number of methoxy groups -OCH3 is 1. The van der Waals surface area contributed by atoms with E-state index in [1.807, 2.05) is 12.1 Å². The van der Waals surface area contributed by atoms with E-state index in [1.165, 1.54) is 7.11 Å². The van der Waals surface area contributed by atoms with Crippen molar-refractivity contribution in [3.8, 4) is 11.5 Å². The molecule has 1 aliphatic heterocycles. The molecule has 1 saturated heterocycles. The van der Waals surface area contributed by atoms with Crippen molar-refractivity contribution in [3.63, 3.8) is 0 Å². The van der Waals surface area contributed by atoms with Crippen LogP contribution in [0.25, 0.3) is 0 Å². The van der Waals surface area contributed by atoms with Crippen molar-refractivity contribution in [2.24, 2.45) is 0 Å². The minimum Gasteiger partial charge on any atom is -0.504 e. The second kappa shape index (κ2) is 5.73. The summed E-state index contributed by atoms with van der Waals surface area (Å²) in [6.07, 6.45) is 1.81. The van der Waals surface area contributed by atoms with Crippen molar-refractivity contribution in [3.05, 3.63) is 23.8 Å². The highest BCUT2D eigenvalue weighted by molar-refractivity contribution is 5.82. The first-order valence-electron chi connectivity index (χ1n) is 6.08. The van der Waals surface area contributed by atoms with Gasteiger partial charge in [0.1, 0.15) is 0 Å². The van der Waals surface area contributed by atoms with E-state index in [9.17, 15) is 9.90 Å². The Hall–Kier alpha value is -1.75. The van der Waals surface area contributed by atoms with Gasteiger partial charge in [0, 0.05) is 18.7 Å². The van der Waals surface area contributed by atoms with Crippen LogP contribution in [-0.2, 0) is 11.3 Å². The summed E-state index contributed by atoms with van der Waals surface area (Å²) in [6.45, 7) is 1.20. The first-order chi connectivity index (χ1) is 8.72. The lowest BCUT2D eigenvalue weighted by Gasteiger charge is -2.23. The number of benzene rings is 1. The van der Waals surface area contributed by atoms with Gasteiger partial charge in [-0.1, -0.05) is 12.1 Å². The Kier molecular flexibility index (Phi) is 4.04. The Labute approximate surface area is 106 Å². The molecule has 1 aromatic rings. The molecule has 1 heterocycles. The zero-order valence-electron chi connectivity index (χ0n) is 10.4. The van der Waals surface area contributed by atoms with Gasteiger partial charge in [-0.05, 0) is 18.9 Å². The van der Waals surface area contributed by atoms with Crippen LogP contribution in [0.15, 0.2) is 18.2 Å². The van der Waals surface area contributed by atoms with E-state index in [2.05, 4.69) is 10.6 Å². The van der Waals surface area contributed by atoms with Crippen LogP contribution in [-0.4, -0.2) is 30.7 Å². The Balaban J connectivity index is 1.99. The Morgan fingerprint density at radius 3 is 3.11 bits per heavy atom. The molecule has 0 aliphatic carbocycles. The maximum atomic E-state index is 11.6. The van der Waals surface area contributed by atoms with Crippen LogP contribution in [0.3, 0.4) is 0 Å². The maximum Gasteiger partial charge on any atom is 0.237 e. The van der Waals surface area contributed by atoms with Gasteiger partial charge in [-0.25, -0.2) is 0 Å². The van der Waals surface area contributed by atoms with Gasteiger partial charge < -0.3 is 20.5 Å². The number of phenolic OH excluding ortho intramolecular Hbond substituents is 1. The van der Waals surface area contributed by atoms with Crippen LogP contribution in [0.5, 0.6) is 11.5 Å². The monoisotopic (exact) mass is 250 g/mol. The molecule has 1 aliphatic rings. The highest BCUT2D eigenvalue weighted by atomic mass is 16.5. The van der Waals surface area contributed by atoms with Crippen molar-refractivity contribution in [1.82, 2.24) is 10.6 Å². The van der Waals surface area contributed by atoms with Crippen LogP contribution in [0, 0.1) is 0 Å². The van der Waals surface area contributed by atoms with Gasteiger partial charge in [-0.3, -0.25) is 4.79 Å². The summed E-state index contributed by atoms with van der Waals surface area (Å²) in [6, 6.07) is 5.15. The van der Waals surface area contributed by atoms with E-state index in [-0.39, 0.29) is 17.7 Å². The summed E-state index contributed by atoms with van der Waals surface area (Å²) in [4.78, 5) is 11.6. The SMILES string of the molecule is COc1cccc(CNC2CCCNC2=O)c1O. The number of piperidine rings is 1. The fourth-order valence-corrected chi connectivity index (χ4v) is 2.08. The fourth-order valence-electron chi connectivity index (χ4n) is 2.08. The number of carbonyl (C=O) groups is 1. The summed E-state index contributed by atoms with van der Waals surface area (Å²) in [7, 11) is 1.51. The lowest BCUT2D eigenvalue weighted by Crippen LogP contribution is -2.47. The average Bonchev–Trinajstić information content (AvgIpc) is 2.39. The third kappa shape index (κ3) is 2.73. The van der Waals surface area contributed by atoms with Gasteiger partial charge >= 0.3 is 0 Å². The fraction of sp³-hybridized carbons (Fsp3) is 0.462. The Bertz CT molecular complexity index is 434. The number of aromatic hydroxyl groups is 1. The van der Waals surface area contributed by atoms with Crippen molar-refractivity contribution >= 4 is 5.91 Å². The third-order valence-electron chi connectivity index (χ3n) is 3.13. The van der Waals surface area contributed by atoms with E-state index >= 15 is 0 Å². The number of carbonyl (C=O) groups excluding carboxylic acids is 1. The predicted molar refractivity (Wildman–Crippen MR) is 67.5 cm³/mol. The van der Waals surface area contributed by atoms with Crippen molar-refractivity contribution in [2.75, 3.05) is 13.7 Å². The smallest absolute Gasteiger partial charge is 0.237 e. The molecule has 18 heavy (non-hydrogen) atoms. The summed E-state index contributed by atoms with van der Waals surface area (Å²) in [5, 5.41) is 15.9. The molecular weight excluding hydrogens is 232 g/mol. The summed E-state index contributed by atoms with van der Waals surface area (Å²) in [5.41, 5.74) is 0.729. The van der Waals surface area contributed by atoms with E-state index < -0.39 is 0 Å². The number of hydrogen-bond acceptors (Lipinski definition) is 4. The van der Waals surface area contributed by atoms with E-state index in [0.29, 0.717) is 12.3 Å². The minimum atomic E-state index is -0.177. The predicted octanol–water partition coefficient (Wildman–Crippen LogP) is 0.769. The normalized spacial score (nSPS) is 19.4. The second-order valence-corrected chi connectivity index (χ2v) is 4.33. The van der Waals surface area contributed by atoms with Crippen LogP contribution in [0.2, 0.25) is 0 Å². The van der Waals surface area contributed by atoms with Crippen molar-refractivity contribution in [2.45, 2.75) is 25.4 Å². The summed E-state index contributed by atoms with van der Waals surface area (Å²) < 4.78 is 5.04. The number of phenols is 1. The minimum absolute atomic E-state index is 0.0311. The number of hydrogen-bond donors (Lipinski definition) is 3. The average molecular weight is 250 g/mol. The molecule has 5 heteroatoms. The molecule has 5 nitrogen and oxygen atoms in total. The first kappa shape index (κ1) is 12.7. The lowest BCUT2D eigenvalue weighted by atomic mass is 10.1. The summed E-state index contributed by atoms with van der Waals surface area (Å²) >= 11 is 0. The summed E-state index contributed by atoms with van der Waals surface area (Å²) in [5.74, 6) is 0.606. The largest absolute Gasteiger partial charge is 0.504 e. The molecule has 1 fully saturated rings. The lowest BCUT2D eigenvalue weighted by molar-refractivity contribution is -0.124. The number of rotatable bonds is 4. The molecule has 1 amide bonds. The standard InChI is InChI=1S/C13H18N2O3/c1-18-11-6-2-4-9(12(11)16)8-15-10-5-3-7-14-13(10)17/h2,4,6,10,15-16H,3,5,7-8H2,1H3,(H,14,17). The van der Waals surface area contributed by atoms with Crippen LogP contribution >= 0.6 is 0 Å². The van der Waals surface area contributed by atoms with Crippen molar-refractivity contribution in [1.29, 1.82) is 0 Å². The quantitative estimate of drug-likeness (QED) is 0.738. The third-order valence-corrected chi connectivity index (χ3v) is 3.13. The van der Waals surface area contributed by atoms with Gasteiger partial charge in [-0.15, -0.1) is 0 Å². The second-order valence-electron chi connectivity index (χ2n) is 4.33. The number of nitrogens with one attached hydrogen (secondary N) is 2. The van der Waals surface area contributed by atoms with Crippen LogP contribution in [0.1, 0.15) is 18.4 Å². The number of ether oxygens (including phenoxy) is 1. The molecule has 1 atom stereocenters. The molecule has 0 aromatic heterocycles. The molecule has 0 saturated carbocycles. The van der Waals surface area contributed by atoms with E-state index in [1.54, 1.807) is 6.07 Å². The molecule has 2 rings (SSSR count). The zero-order valence-corrected chi connectivity index (χ0v) is 10.4. The molecular formula is C13H18N2O3. The molecule has 1 unspecified atom stereocenters. The highest BCUT2D eigenvalue weighted by Gasteiger charge is 2.21. The molecule has 0 bridgehead atoms. The molecule has 0 spiro atoms. The molecule has 98 valence electrons. The Morgan fingerprint density at radius 2 is 2.39 bits per heavy atom. The van der Waals surface area contributed by atoms with Gasteiger partial charge in [0.2, 0.25) is 5.91 Å². The van der Waals surface area contributed by atoms with Gasteiger partial charge in [-0.2, -0.15) is 0 Å². The highest BCUT2D eigenvalue weighted by Crippen LogP contribution is 2.29. The zero-order chi connectivity index (χ0) is 13.0. The van der Waals surface area contributed by atoms with E-state index in [0.717, 1.165) is 24.9 Å². The topological polar surface area (TPSA) is 70.6 Å². The van der Waals surface area contributed by atoms with Crippen LogP contribution < -0.4 is 15.4 Å². The number of amides is 1. The van der Waals surface area contributed by atoms with Crippen LogP contribution in [0.4, 0.5) is 0 Å². The molecule has 0 radical (unpaired) electrons. The van der Waals surface area contributed by atoms with Gasteiger partial charge in [0.15, 0.2) is 11.5 Å². The van der Waals surface area contributed by atoms with Crippen molar-refractivity contribution < 1.29 is 14.6 Å². The first-order valence-corrected chi connectivity index (χ1v) is 6.08. The Morgan fingerprint density at radius 1 is 1.56 bits per heavy atom. The van der Waals surface area contributed by atoms with Gasteiger partial charge in [0.05, 0.1) is 13.2 Å². The van der Waals surface area contributed by atoms with E-state index in [4.69, 9.17) is 4.74 Å². The molecule has 1 aromatic carbocycles. The molecule has 3 N–H and O–H groups in total. The number of para-hydroxylation sites is 1. The van der Waals surface area contributed by atoms with Gasteiger partial charge in [0.25, 0.3) is 0 Å².